The lowest BCUT2D eigenvalue weighted by Gasteiger charge is -2.17. The van der Waals surface area contributed by atoms with Crippen molar-refractivity contribution in [2.75, 3.05) is 26.4 Å². The third kappa shape index (κ3) is 7.16. The van der Waals surface area contributed by atoms with Gasteiger partial charge in [-0.2, -0.15) is 0 Å². The summed E-state index contributed by atoms with van der Waals surface area (Å²) in [5.41, 5.74) is 4.84. The first-order valence-corrected chi connectivity index (χ1v) is 6.26. The maximum atomic E-state index is 11.4. The van der Waals surface area contributed by atoms with E-state index in [-0.39, 0.29) is 24.4 Å². The fourth-order valence-corrected chi connectivity index (χ4v) is 1.59. The molecule has 1 atom stereocenters. The summed E-state index contributed by atoms with van der Waals surface area (Å²) in [7, 11) is 0. The van der Waals surface area contributed by atoms with Crippen molar-refractivity contribution in [3.8, 4) is 0 Å². The number of hydrogen-bond acceptors (Lipinski definition) is 4. The second kappa shape index (κ2) is 8.69. The highest BCUT2D eigenvalue weighted by Crippen LogP contribution is 2.11. The first-order valence-electron chi connectivity index (χ1n) is 6.26. The first kappa shape index (κ1) is 17.6. The smallest absolute Gasteiger partial charge is 0.239 e. The summed E-state index contributed by atoms with van der Waals surface area (Å²) < 4.78 is 10.9. The molecule has 6 heteroatoms. The lowest BCUT2D eigenvalue weighted by atomic mass is 10.1. The third-order valence-electron chi connectivity index (χ3n) is 2.66. The van der Waals surface area contributed by atoms with Crippen LogP contribution in [-0.2, 0) is 14.3 Å². The van der Waals surface area contributed by atoms with Gasteiger partial charge in [0.2, 0.25) is 5.91 Å². The van der Waals surface area contributed by atoms with Crippen LogP contribution in [-0.4, -0.2) is 43.9 Å². The molecule has 1 unspecified atom stereocenters. The van der Waals surface area contributed by atoms with Gasteiger partial charge in [-0.1, -0.05) is 0 Å². The van der Waals surface area contributed by atoms with Crippen LogP contribution >= 0.6 is 12.4 Å². The van der Waals surface area contributed by atoms with Crippen LogP contribution in [0, 0.1) is 0 Å². The Morgan fingerprint density at radius 3 is 2.83 bits per heavy atom. The van der Waals surface area contributed by atoms with Crippen molar-refractivity contribution in [2.45, 2.75) is 44.8 Å². The van der Waals surface area contributed by atoms with Crippen molar-refractivity contribution in [1.82, 2.24) is 5.32 Å². The molecule has 1 heterocycles. The topological polar surface area (TPSA) is 73.6 Å². The van der Waals surface area contributed by atoms with E-state index in [4.69, 9.17) is 15.2 Å². The lowest BCUT2D eigenvalue weighted by molar-refractivity contribution is -0.125. The Hall–Kier alpha value is -0.360. The van der Waals surface area contributed by atoms with E-state index in [1.165, 1.54) is 0 Å². The maximum absolute atomic E-state index is 11.4. The molecule has 108 valence electrons. The van der Waals surface area contributed by atoms with Crippen molar-refractivity contribution in [3.63, 3.8) is 0 Å². The van der Waals surface area contributed by atoms with Gasteiger partial charge in [0.15, 0.2) is 0 Å². The van der Waals surface area contributed by atoms with Crippen LogP contribution in [0.5, 0.6) is 0 Å². The van der Waals surface area contributed by atoms with E-state index in [9.17, 15) is 4.79 Å². The Bertz CT molecular complexity index is 238. The number of nitrogens with two attached hydrogens (primary N) is 1. The molecule has 0 bridgehead atoms. The second-order valence-electron chi connectivity index (χ2n) is 5.04. The molecule has 0 radical (unpaired) electrons. The van der Waals surface area contributed by atoms with Gasteiger partial charge in [-0.05, 0) is 33.1 Å². The molecule has 0 saturated carbocycles. The van der Waals surface area contributed by atoms with Crippen LogP contribution in [0.3, 0.4) is 0 Å². The van der Waals surface area contributed by atoms with Crippen molar-refractivity contribution < 1.29 is 14.3 Å². The molecule has 1 fully saturated rings. The molecule has 0 aromatic heterocycles. The molecule has 1 saturated heterocycles. The Morgan fingerprint density at radius 1 is 1.56 bits per heavy atom. The van der Waals surface area contributed by atoms with Gasteiger partial charge in [0.05, 0.1) is 18.2 Å². The normalized spacial score (nSPS) is 19.4. The molecule has 1 amide bonds. The van der Waals surface area contributed by atoms with E-state index in [1.807, 2.05) is 0 Å². The maximum Gasteiger partial charge on any atom is 0.239 e. The number of amides is 1. The summed E-state index contributed by atoms with van der Waals surface area (Å²) in [6, 6.07) is 0. The molecule has 5 nitrogen and oxygen atoms in total. The predicted molar refractivity (Wildman–Crippen MR) is 72.9 cm³/mol. The molecule has 0 spiro atoms. The summed E-state index contributed by atoms with van der Waals surface area (Å²) in [4.78, 5) is 11.4. The number of hydrogen-bond donors (Lipinski definition) is 2. The van der Waals surface area contributed by atoms with Crippen molar-refractivity contribution in [1.29, 1.82) is 0 Å². The van der Waals surface area contributed by atoms with Gasteiger partial charge in [-0.3, -0.25) is 4.79 Å². The Balaban J connectivity index is 0.00000289. The van der Waals surface area contributed by atoms with Crippen LogP contribution in [0.15, 0.2) is 0 Å². The average Bonchev–Trinajstić information content (AvgIpc) is 2.74. The fraction of sp³-hybridized carbons (Fsp3) is 0.917. The van der Waals surface area contributed by atoms with Gasteiger partial charge in [-0.25, -0.2) is 0 Å². The third-order valence-corrected chi connectivity index (χ3v) is 2.66. The largest absolute Gasteiger partial charge is 0.379 e. The zero-order chi connectivity index (χ0) is 12.7. The van der Waals surface area contributed by atoms with Crippen molar-refractivity contribution in [2.24, 2.45) is 5.73 Å². The lowest BCUT2D eigenvalue weighted by Crippen LogP contribution is -2.49. The fourth-order valence-electron chi connectivity index (χ4n) is 1.59. The zero-order valence-corrected chi connectivity index (χ0v) is 12.1. The van der Waals surface area contributed by atoms with Gasteiger partial charge >= 0.3 is 0 Å². The Kier molecular flexibility index (Phi) is 8.52. The van der Waals surface area contributed by atoms with E-state index in [2.05, 4.69) is 5.32 Å². The SMILES string of the molecule is CC(C)(N)C(=O)NCCCOCC1CCCO1.Cl. The van der Waals surface area contributed by atoms with E-state index in [0.717, 1.165) is 25.9 Å². The van der Waals surface area contributed by atoms with Crippen LogP contribution in [0.4, 0.5) is 0 Å². The van der Waals surface area contributed by atoms with E-state index in [1.54, 1.807) is 13.8 Å². The van der Waals surface area contributed by atoms with Crippen LogP contribution < -0.4 is 11.1 Å². The molecule has 0 aromatic carbocycles. The van der Waals surface area contributed by atoms with E-state index in [0.29, 0.717) is 19.8 Å². The summed E-state index contributed by atoms with van der Waals surface area (Å²) in [5.74, 6) is -0.128. The highest BCUT2D eigenvalue weighted by Gasteiger charge is 2.20. The van der Waals surface area contributed by atoms with Crippen molar-refractivity contribution in [3.05, 3.63) is 0 Å². The van der Waals surface area contributed by atoms with Crippen LogP contribution in [0.25, 0.3) is 0 Å². The molecule has 0 aliphatic carbocycles. The highest BCUT2D eigenvalue weighted by molar-refractivity contribution is 5.85. The summed E-state index contributed by atoms with van der Waals surface area (Å²) in [5, 5.41) is 2.78. The number of ether oxygens (including phenoxy) is 2. The van der Waals surface area contributed by atoms with E-state index >= 15 is 0 Å². The molecule has 1 aliphatic rings. The quantitative estimate of drug-likeness (QED) is 0.678. The molecule has 0 aromatic rings. The van der Waals surface area contributed by atoms with Gasteiger partial charge < -0.3 is 20.5 Å². The van der Waals surface area contributed by atoms with Gasteiger partial charge in [0.1, 0.15) is 0 Å². The van der Waals surface area contributed by atoms with Crippen LogP contribution in [0.2, 0.25) is 0 Å². The predicted octanol–water partition coefficient (Wildman–Crippen LogP) is 0.847. The summed E-state index contributed by atoms with van der Waals surface area (Å²) >= 11 is 0. The Labute approximate surface area is 115 Å². The molecule has 3 N–H and O–H groups in total. The highest BCUT2D eigenvalue weighted by atomic mass is 35.5. The minimum atomic E-state index is -0.807. The average molecular weight is 281 g/mol. The molecular formula is C12H25ClN2O3. The second-order valence-corrected chi connectivity index (χ2v) is 5.04. The van der Waals surface area contributed by atoms with Gasteiger partial charge in [0, 0.05) is 19.8 Å². The first-order chi connectivity index (χ1) is 8.00. The molecular weight excluding hydrogens is 256 g/mol. The number of carbonyl (C=O) groups excluding carboxylic acids is 1. The summed E-state index contributed by atoms with van der Waals surface area (Å²) in [6.07, 6.45) is 3.30. The molecule has 1 rings (SSSR count). The van der Waals surface area contributed by atoms with E-state index < -0.39 is 5.54 Å². The Morgan fingerprint density at radius 2 is 2.28 bits per heavy atom. The number of nitrogens with one attached hydrogen (secondary N) is 1. The zero-order valence-electron chi connectivity index (χ0n) is 11.2. The minimum absolute atomic E-state index is 0. The minimum Gasteiger partial charge on any atom is -0.379 e. The monoisotopic (exact) mass is 280 g/mol. The number of rotatable bonds is 7. The standard InChI is InChI=1S/C12H24N2O3.ClH/c1-12(2,13)11(15)14-6-4-7-16-9-10-5-3-8-17-10;/h10H,3-9,13H2,1-2H3,(H,14,15);1H. The summed E-state index contributed by atoms with van der Waals surface area (Å²) in [6.45, 7) is 6.15. The number of halogens is 1. The van der Waals surface area contributed by atoms with Gasteiger partial charge in [0.25, 0.3) is 0 Å². The van der Waals surface area contributed by atoms with Crippen LogP contribution in [0.1, 0.15) is 33.1 Å². The van der Waals surface area contributed by atoms with Gasteiger partial charge in [-0.15, -0.1) is 12.4 Å². The molecule has 1 aliphatic heterocycles. The molecule has 18 heavy (non-hydrogen) atoms. The van der Waals surface area contributed by atoms with Crippen molar-refractivity contribution >= 4 is 18.3 Å². The number of carbonyl (C=O) groups is 1.